The van der Waals surface area contributed by atoms with Crippen LogP contribution in [0.15, 0.2) is 72.0 Å². The Bertz CT molecular complexity index is 973. The van der Waals surface area contributed by atoms with Crippen LogP contribution in [0.4, 0.5) is 0 Å². The normalized spacial score (nSPS) is 16.7. The smallest absolute Gasteiger partial charge is 0.290 e. The van der Waals surface area contributed by atoms with Gasteiger partial charge in [0.05, 0.1) is 11.6 Å². The van der Waals surface area contributed by atoms with E-state index in [1.807, 2.05) is 61.5 Å². The van der Waals surface area contributed by atoms with E-state index in [4.69, 9.17) is 0 Å². The number of aliphatic hydroxyl groups excluding tert-OH is 1. The fraction of sp³-hybridized carbons (Fsp3) is 0.308. The van der Waals surface area contributed by atoms with Crippen molar-refractivity contribution in [3.63, 3.8) is 0 Å². The summed E-state index contributed by atoms with van der Waals surface area (Å²) in [5, 5.41) is 10.7. The highest BCUT2D eigenvalue weighted by molar-refractivity contribution is 6.14. The van der Waals surface area contributed by atoms with Crippen LogP contribution in [-0.2, 0) is 9.59 Å². The summed E-state index contributed by atoms with van der Waals surface area (Å²) < 4.78 is 0. The monoisotopic (exact) mass is 418 g/mol. The summed E-state index contributed by atoms with van der Waals surface area (Å²) in [5.74, 6) is -1.30. The average molecular weight is 419 g/mol. The first kappa shape index (κ1) is 22.5. The number of allylic oxidation sites excluding steroid dienone is 1. The quantitative estimate of drug-likeness (QED) is 0.617. The zero-order valence-electron chi connectivity index (χ0n) is 18.4. The first-order valence-electron chi connectivity index (χ1n) is 10.8. The number of hydrogen-bond donors (Lipinski definition) is 1. The second-order valence-electron chi connectivity index (χ2n) is 7.71. The fourth-order valence-electron chi connectivity index (χ4n) is 3.85. The van der Waals surface area contributed by atoms with Crippen LogP contribution in [0.2, 0.25) is 0 Å². The van der Waals surface area contributed by atoms with E-state index in [2.05, 4.69) is 18.7 Å². The van der Waals surface area contributed by atoms with Crippen molar-refractivity contribution in [3.05, 3.63) is 88.7 Å². The van der Waals surface area contributed by atoms with Gasteiger partial charge in [0, 0.05) is 13.1 Å². The maximum absolute atomic E-state index is 13.1. The zero-order chi connectivity index (χ0) is 22.4. The summed E-state index contributed by atoms with van der Waals surface area (Å²) >= 11 is 0. The van der Waals surface area contributed by atoms with E-state index in [1.54, 1.807) is 11.0 Å². The first-order chi connectivity index (χ1) is 15.0. The lowest BCUT2D eigenvalue weighted by Crippen LogP contribution is -2.38. The molecule has 0 spiro atoms. The molecule has 0 fully saturated rings. The van der Waals surface area contributed by atoms with Gasteiger partial charge in [0.25, 0.3) is 5.91 Å². The standard InChI is InChI=1S/C26H30N2O3/c1-4-27(5-2)17-18-28-24(21-14-11-19(3)12-15-21)23(25(30)26(28)31)22(29)16-13-20-9-7-6-8-10-20/h6-16,24,30H,4-5,17-18H2,1-3H3/b16-13+/t24-/m1/s1. The third kappa shape index (κ3) is 5.12. The molecule has 0 aromatic heterocycles. The van der Waals surface area contributed by atoms with E-state index in [1.165, 1.54) is 6.08 Å². The molecule has 5 heteroatoms. The number of hydrogen-bond acceptors (Lipinski definition) is 4. The van der Waals surface area contributed by atoms with Crippen molar-refractivity contribution in [3.8, 4) is 0 Å². The number of aliphatic hydroxyl groups is 1. The van der Waals surface area contributed by atoms with Crippen LogP contribution in [0.5, 0.6) is 0 Å². The first-order valence-corrected chi connectivity index (χ1v) is 10.8. The molecule has 2 aromatic carbocycles. The number of rotatable bonds is 9. The van der Waals surface area contributed by atoms with Crippen LogP contribution in [0.3, 0.4) is 0 Å². The van der Waals surface area contributed by atoms with Crippen molar-refractivity contribution in [2.24, 2.45) is 0 Å². The van der Waals surface area contributed by atoms with Crippen LogP contribution in [0.1, 0.15) is 36.6 Å². The molecule has 0 aliphatic carbocycles. The Kier molecular flexibility index (Phi) is 7.42. The van der Waals surface area contributed by atoms with Crippen molar-refractivity contribution < 1.29 is 14.7 Å². The minimum absolute atomic E-state index is 0.139. The van der Waals surface area contributed by atoms with Crippen molar-refractivity contribution in [1.82, 2.24) is 9.80 Å². The van der Waals surface area contributed by atoms with Crippen molar-refractivity contribution in [2.45, 2.75) is 26.8 Å². The molecule has 1 N–H and O–H groups in total. The third-order valence-electron chi connectivity index (χ3n) is 5.74. The number of amides is 1. The molecule has 2 aromatic rings. The largest absolute Gasteiger partial charge is 0.503 e. The van der Waals surface area contributed by atoms with E-state index in [9.17, 15) is 14.7 Å². The van der Waals surface area contributed by atoms with Gasteiger partial charge >= 0.3 is 0 Å². The molecule has 0 saturated carbocycles. The summed E-state index contributed by atoms with van der Waals surface area (Å²) in [6, 6.07) is 16.6. The minimum Gasteiger partial charge on any atom is -0.503 e. The van der Waals surface area contributed by atoms with Gasteiger partial charge in [-0.25, -0.2) is 0 Å². The Hall–Kier alpha value is -3.18. The highest BCUT2D eigenvalue weighted by Crippen LogP contribution is 2.38. The molecule has 162 valence electrons. The second-order valence-corrected chi connectivity index (χ2v) is 7.71. The molecule has 1 atom stereocenters. The summed E-state index contributed by atoms with van der Waals surface area (Å²) in [5.41, 5.74) is 2.93. The van der Waals surface area contributed by atoms with Crippen molar-refractivity contribution in [2.75, 3.05) is 26.2 Å². The Morgan fingerprint density at radius 1 is 1.06 bits per heavy atom. The molecule has 0 unspecified atom stereocenters. The van der Waals surface area contributed by atoms with Gasteiger partial charge in [-0.15, -0.1) is 0 Å². The predicted molar refractivity (Wildman–Crippen MR) is 124 cm³/mol. The van der Waals surface area contributed by atoms with Gasteiger partial charge < -0.3 is 14.9 Å². The van der Waals surface area contributed by atoms with Crippen molar-refractivity contribution >= 4 is 17.8 Å². The van der Waals surface area contributed by atoms with Gasteiger partial charge in [-0.3, -0.25) is 9.59 Å². The number of benzene rings is 2. The van der Waals surface area contributed by atoms with E-state index in [0.29, 0.717) is 13.1 Å². The predicted octanol–water partition coefficient (Wildman–Crippen LogP) is 4.31. The number of carbonyl (C=O) groups excluding carboxylic acids is 2. The van der Waals surface area contributed by atoms with Gasteiger partial charge in [0.1, 0.15) is 0 Å². The number of ketones is 1. The Labute approximate surface area is 184 Å². The summed E-state index contributed by atoms with van der Waals surface area (Å²) in [4.78, 5) is 29.9. The van der Waals surface area contributed by atoms with Crippen LogP contribution in [0, 0.1) is 6.92 Å². The molecule has 0 saturated heterocycles. The molecular weight excluding hydrogens is 388 g/mol. The lowest BCUT2D eigenvalue weighted by molar-refractivity contribution is -0.129. The summed E-state index contributed by atoms with van der Waals surface area (Å²) in [7, 11) is 0. The van der Waals surface area contributed by atoms with Gasteiger partial charge in [-0.05, 0) is 37.2 Å². The average Bonchev–Trinajstić information content (AvgIpc) is 3.04. The van der Waals surface area contributed by atoms with Crippen LogP contribution in [0.25, 0.3) is 6.08 Å². The maximum atomic E-state index is 13.1. The highest BCUT2D eigenvalue weighted by Gasteiger charge is 2.42. The molecule has 1 aliphatic rings. The molecule has 3 rings (SSSR count). The molecule has 1 aliphatic heterocycles. The Morgan fingerprint density at radius 3 is 2.32 bits per heavy atom. The van der Waals surface area contributed by atoms with Gasteiger partial charge in [-0.1, -0.05) is 80.1 Å². The fourth-order valence-corrected chi connectivity index (χ4v) is 3.85. The third-order valence-corrected chi connectivity index (χ3v) is 5.74. The van der Waals surface area contributed by atoms with Gasteiger partial charge in [-0.2, -0.15) is 0 Å². The zero-order valence-corrected chi connectivity index (χ0v) is 18.4. The van der Waals surface area contributed by atoms with Crippen molar-refractivity contribution in [1.29, 1.82) is 0 Å². The topological polar surface area (TPSA) is 60.9 Å². The van der Waals surface area contributed by atoms with E-state index in [0.717, 1.165) is 29.8 Å². The highest BCUT2D eigenvalue weighted by atomic mass is 16.3. The number of aryl methyl sites for hydroxylation is 1. The molecule has 0 bridgehead atoms. The lowest BCUT2D eigenvalue weighted by Gasteiger charge is -2.29. The second kappa shape index (κ2) is 10.2. The minimum atomic E-state index is -0.600. The SMILES string of the molecule is CCN(CC)CCN1C(=O)C(O)=C(C(=O)/C=C/c2ccccc2)[C@H]1c1ccc(C)cc1. The molecule has 0 radical (unpaired) electrons. The van der Waals surface area contributed by atoms with E-state index < -0.39 is 17.7 Å². The molecule has 1 amide bonds. The van der Waals surface area contributed by atoms with Gasteiger partial charge in [0.15, 0.2) is 11.5 Å². The summed E-state index contributed by atoms with van der Waals surface area (Å²) in [6.07, 6.45) is 3.14. The number of nitrogens with zero attached hydrogens (tertiary/aromatic N) is 2. The lowest BCUT2D eigenvalue weighted by atomic mass is 9.95. The number of likely N-dealkylation sites (N-methyl/N-ethyl adjacent to an activating group) is 1. The molecule has 5 nitrogen and oxygen atoms in total. The van der Waals surface area contributed by atoms with E-state index >= 15 is 0 Å². The van der Waals surface area contributed by atoms with Crippen LogP contribution < -0.4 is 0 Å². The maximum Gasteiger partial charge on any atom is 0.290 e. The number of carbonyl (C=O) groups is 2. The molecular formula is C26H30N2O3. The van der Waals surface area contributed by atoms with E-state index in [-0.39, 0.29) is 11.4 Å². The van der Waals surface area contributed by atoms with Gasteiger partial charge in [0.2, 0.25) is 0 Å². The Morgan fingerprint density at radius 2 is 1.71 bits per heavy atom. The Balaban J connectivity index is 1.94. The molecule has 31 heavy (non-hydrogen) atoms. The molecule has 1 heterocycles. The van der Waals surface area contributed by atoms with Crippen LogP contribution in [-0.4, -0.2) is 52.8 Å². The van der Waals surface area contributed by atoms with Crippen LogP contribution >= 0.6 is 0 Å². The summed E-state index contributed by atoms with van der Waals surface area (Å²) in [6.45, 7) is 9.00.